The van der Waals surface area contributed by atoms with Gasteiger partial charge in [0.25, 0.3) is 5.91 Å². The highest BCUT2D eigenvalue weighted by atomic mass is 35.5. The lowest BCUT2D eigenvalue weighted by atomic mass is 9.90. The maximum absolute atomic E-state index is 14.1. The molecule has 8 heteroatoms. The highest BCUT2D eigenvalue weighted by Gasteiger charge is 2.60. The molecule has 5 nitrogen and oxygen atoms in total. The first-order valence-corrected chi connectivity index (χ1v) is 9.93. The molecule has 0 radical (unpaired) electrons. The summed E-state index contributed by atoms with van der Waals surface area (Å²) >= 11 is 5.92. The molecule has 2 saturated heterocycles. The number of carbonyl (C=O) groups is 2. The summed E-state index contributed by atoms with van der Waals surface area (Å²) in [4.78, 5) is 33.5. The van der Waals surface area contributed by atoms with Gasteiger partial charge in [0, 0.05) is 5.02 Å². The van der Waals surface area contributed by atoms with Crippen molar-refractivity contribution in [3.63, 3.8) is 0 Å². The minimum Gasteiger partial charge on any atom is -0.273 e. The molecule has 3 aromatic carbocycles. The number of fused-ring (bicyclic) bond motifs is 1. The molecule has 0 spiro atoms. The van der Waals surface area contributed by atoms with E-state index >= 15 is 0 Å². The van der Waals surface area contributed by atoms with Gasteiger partial charge in [0.1, 0.15) is 5.92 Å². The van der Waals surface area contributed by atoms with Crippen LogP contribution in [0.5, 0.6) is 0 Å². The molecule has 0 aliphatic carbocycles. The van der Waals surface area contributed by atoms with Gasteiger partial charge in [-0.25, -0.2) is 18.7 Å². The maximum atomic E-state index is 14.1. The van der Waals surface area contributed by atoms with Crippen molar-refractivity contribution in [1.82, 2.24) is 0 Å². The zero-order chi connectivity index (χ0) is 21.7. The lowest BCUT2D eigenvalue weighted by molar-refractivity contribution is -0.126. The molecule has 0 saturated carbocycles. The van der Waals surface area contributed by atoms with E-state index < -0.39 is 41.5 Å². The van der Waals surface area contributed by atoms with E-state index in [1.165, 1.54) is 11.1 Å². The molecule has 2 aliphatic rings. The molecular formula is C23H15ClF2N2O3. The number of imide groups is 1. The number of nitrogens with zero attached hydrogens (tertiary/aromatic N) is 2. The van der Waals surface area contributed by atoms with Crippen LogP contribution in [-0.4, -0.2) is 17.9 Å². The fourth-order valence-electron chi connectivity index (χ4n) is 4.09. The number of amides is 2. The second kappa shape index (κ2) is 7.44. The molecule has 5 rings (SSSR count). The number of carbonyl (C=O) groups excluding carboxylic acids is 2. The molecule has 3 aromatic rings. The van der Waals surface area contributed by atoms with Gasteiger partial charge >= 0.3 is 0 Å². The molecule has 2 fully saturated rings. The first kappa shape index (κ1) is 19.7. The van der Waals surface area contributed by atoms with E-state index in [0.29, 0.717) is 22.0 Å². The number of hydrogen-bond acceptors (Lipinski definition) is 4. The van der Waals surface area contributed by atoms with Crippen LogP contribution in [0.25, 0.3) is 0 Å². The Balaban J connectivity index is 1.60. The van der Waals surface area contributed by atoms with Gasteiger partial charge in [-0.3, -0.25) is 14.4 Å². The fraction of sp³-hybridized carbons (Fsp3) is 0.130. The van der Waals surface area contributed by atoms with E-state index in [-0.39, 0.29) is 0 Å². The third-order valence-corrected chi connectivity index (χ3v) is 5.75. The SMILES string of the molecule is O=C1[C@H]2[C@@H](c3ccc(F)c(F)c3)N(c3ccccc3)O[C@H]2C(=O)N1c1ccc(Cl)cc1. The van der Waals surface area contributed by atoms with Crippen molar-refractivity contribution in [2.24, 2.45) is 5.92 Å². The molecular weight excluding hydrogens is 426 g/mol. The largest absolute Gasteiger partial charge is 0.273 e. The van der Waals surface area contributed by atoms with E-state index in [0.717, 1.165) is 17.0 Å². The van der Waals surface area contributed by atoms with Gasteiger partial charge in [0.2, 0.25) is 5.91 Å². The molecule has 2 heterocycles. The highest BCUT2D eigenvalue weighted by molar-refractivity contribution is 6.31. The number of benzene rings is 3. The van der Waals surface area contributed by atoms with Gasteiger partial charge < -0.3 is 0 Å². The number of anilines is 2. The molecule has 0 aromatic heterocycles. The minimum absolute atomic E-state index is 0.328. The number of para-hydroxylation sites is 1. The van der Waals surface area contributed by atoms with Gasteiger partial charge in [0.15, 0.2) is 17.7 Å². The maximum Gasteiger partial charge on any atom is 0.266 e. The van der Waals surface area contributed by atoms with Crippen molar-refractivity contribution in [3.05, 3.63) is 95.0 Å². The van der Waals surface area contributed by atoms with Crippen LogP contribution in [0.15, 0.2) is 72.8 Å². The topological polar surface area (TPSA) is 49.9 Å². The predicted octanol–water partition coefficient (Wildman–Crippen LogP) is 4.67. The normalized spacial score (nSPS) is 22.9. The van der Waals surface area contributed by atoms with E-state index in [9.17, 15) is 18.4 Å². The predicted molar refractivity (Wildman–Crippen MR) is 110 cm³/mol. The van der Waals surface area contributed by atoms with E-state index in [1.807, 2.05) is 6.07 Å². The van der Waals surface area contributed by atoms with Crippen LogP contribution in [0.4, 0.5) is 20.2 Å². The van der Waals surface area contributed by atoms with Gasteiger partial charge in [-0.15, -0.1) is 0 Å². The van der Waals surface area contributed by atoms with Crippen molar-refractivity contribution >= 4 is 34.8 Å². The Kier molecular flexibility index (Phi) is 4.72. The average molecular weight is 441 g/mol. The summed E-state index contributed by atoms with van der Waals surface area (Å²) in [5, 5.41) is 1.89. The van der Waals surface area contributed by atoms with Gasteiger partial charge in [0.05, 0.1) is 17.4 Å². The third-order valence-electron chi connectivity index (χ3n) is 5.50. The summed E-state index contributed by atoms with van der Waals surface area (Å²) in [6, 6.07) is 17.8. The summed E-state index contributed by atoms with van der Waals surface area (Å²) in [7, 11) is 0. The second-order valence-electron chi connectivity index (χ2n) is 7.32. The van der Waals surface area contributed by atoms with Gasteiger partial charge in [-0.05, 0) is 54.1 Å². The van der Waals surface area contributed by atoms with Crippen molar-refractivity contribution < 1.29 is 23.2 Å². The van der Waals surface area contributed by atoms with E-state index in [4.69, 9.17) is 16.4 Å². The number of hydroxylamine groups is 1. The van der Waals surface area contributed by atoms with Gasteiger partial charge in [-0.2, -0.15) is 0 Å². The monoisotopic (exact) mass is 440 g/mol. The summed E-state index contributed by atoms with van der Waals surface area (Å²) in [5.41, 5.74) is 1.28. The smallest absolute Gasteiger partial charge is 0.266 e. The fourth-order valence-corrected chi connectivity index (χ4v) is 4.22. The third kappa shape index (κ3) is 3.17. The minimum atomic E-state index is -1.10. The highest BCUT2D eigenvalue weighted by Crippen LogP contribution is 2.47. The second-order valence-corrected chi connectivity index (χ2v) is 7.76. The van der Waals surface area contributed by atoms with Crippen molar-refractivity contribution in [2.75, 3.05) is 9.96 Å². The average Bonchev–Trinajstić information content (AvgIpc) is 3.28. The molecule has 0 N–H and O–H groups in total. The van der Waals surface area contributed by atoms with Crippen molar-refractivity contribution in [3.8, 4) is 0 Å². The summed E-state index contributed by atoms with van der Waals surface area (Å²) in [6.07, 6.45) is -1.10. The molecule has 2 aliphatic heterocycles. The van der Waals surface area contributed by atoms with Crippen molar-refractivity contribution in [2.45, 2.75) is 12.1 Å². The Hall–Kier alpha value is -3.29. The summed E-state index contributed by atoms with van der Waals surface area (Å²) in [6.45, 7) is 0. The van der Waals surface area contributed by atoms with E-state index in [2.05, 4.69) is 0 Å². The Morgan fingerprint density at radius 1 is 0.806 bits per heavy atom. The number of halogens is 3. The molecule has 156 valence electrons. The quantitative estimate of drug-likeness (QED) is 0.555. The number of hydrogen-bond donors (Lipinski definition) is 0. The summed E-state index contributed by atoms with van der Waals surface area (Å²) in [5.74, 6) is -3.98. The molecule has 0 bridgehead atoms. The lowest BCUT2D eigenvalue weighted by Gasteiger charge is -2.28. The number of rotatable bonds is 3. The molecule has 0 unspecified atom stereocenters. The Labute approximate surface area is 181 Å². The Morgan fingerprint density at radius 3 is 2.19 bits per heavy atom. The first-order valence-electron chi connectivity index (χ1n) is 9.55. The van der Waals surface area contributed by atoms with Crippen LogP contribution in [-0.2, 0) is 14.4 Å². The van der Waals surface area contributed by atoms with Crippen LogP contribution in [0.2, 0.25) is 5.02 Å². The first-order chi connectivity index (χ1) is 15.0. The Bertz CT molecular complexity index is 1170. The zero-order valence-corrected chi connectivity index (χ0v) is 16.7. The van der Waals surface area contributed by atoms with E-state index in [1.54, 1.807) is 48.5 Å². The van der Waals surface area contributed by atoms with Crippen LogP contribution < -0.4 is 9.96 Å². The van der Waals surface area contributed by atoms with Crippen LogP contribution in [0.1, 0.15) is 11.6 Å². The zero-order valence-electron chi connectivity index (χ0n) is 15.9. The van der Waals surface area contributed by atoms with Crippen LogP contribution in [0, 0.1) is 17.6 Å². The molecule has 2 amide bonds. The Morgan fingerprint density at radius 2 is 1.52 bits per heavy atom. The van der Waals surface area contributed by atoms with Crippen LogP contribution >= 0.6 is 11.6 Å². The standard InChI is InChI=1S/C23H15ClF2N2O3/c24-14-7-9-15(10-8-14)27-22(29)19-20(13-6-11-17(25)18(26)12-13)28(31-21(19)23(27)30)16-4-2-1-3-5-16/h1-12,19-21H/t19-,20+,21+/m0/s1. The van der Waals surface area contributed by atoms with Crippen LogP contribution in [0.3, 0.4) is 0 Å². The van der Waals surface area contributed by atoms with Gasteiger partial charge in [-0.1, -0.05) is 35.9 Å². The molecule has 3 atom stereocenters. The lowest BCUT2D eigenvalue weighted by Crippen LogP contribution is -2.37. The van der Waals surface area contributed by atoms with Crippen molar-refractivity contribution in [1.29, 1.82) is 0 Å². The summed E-state index contributed by atoms with van der Waals surface area (Å²) < 4.78 is 27.6. The molecule has 31 heavy (non-hydrogen) atoms.